The van der Waals surface area contributed by atoms with Crippen LogP contribution in [0.1, 0.15) is 27.3 Å². The van der Waals surface area contributed by atoms with E-state index in [1.54, 1.807) is 16.5 Å². The number of aromatic nitrogens is 2. The number of benzene rings is 1. The zero-order valence-corrected chi connectivity index (χ0v) is 12.7. The summed E-state index contributed by atoms with van der Waals surface area (Å²) in [7, 11) is 0. The number of rotatable bonds is 3. The second-order valence-corrected chi connectivity index (χ2v) is 5.25. The predicted molar refractivity (Wildman–Crippen MR) is 80.5 cm³/mol. The van der Waals surface area contributed by atoms with Crippen LogP contribution in [0.25, 0.3) is 5.65 Å². The number of alkyl halides is 3. The molecule has 2 heterocycles. The molecule has 0 aliphatic heterocycles. The molecule has 0 unspecified atom stereocenters. The normalized spacial score (nSPS) is 11.7. The maximum absolute atomic E-state index is 12.9. The van der Waals surface area contributed by atoms with Gasteiger partial charge in [-0.05, 0) is 25.1 Å². The fraction of sp³-hybridized carbons (Fsp3) is 0.176. The number of carbonyl (C=O) groups is 1. The zero-order valence-electron chi connectivity index (χ0n) is 12.7. The van der Waals surface area contributed by atoms with E-state index in [1.807, 2.05) is 13.0 Å². The van der Waals surface area contributed by atoms with Crippen molar-refractivity contribution >= 4 is 11.6 Å². The van der Waals surface area contributed by atoms with Gasteiger partial charge in [0.25, 0.3) is 0 Å². The Kier molecular flexibility index (Phi) is 4.01. The first kappa shape index (κ1) is 16.0. The fourth-order valence-corrected chi connectivity index (χ4v) is 2.39. The molecule has 4 nitrogen and oxygen atoms in total. The summed E-state index contributed by atoms with van der Waals surface area (Å²) in [4.78, 5) is 16.2. The first-order valence-corrected chi connectivity index (χ1v) is 7.13. The van der Waals surface area contributed by atoms with Crippen LogP contribution < -0.4 is 0 Å². The van der Waals surface area contributed by atoms with Gasteiger partial charge in [-0.25, -0.2) is 9.78 Å². The third-order valence-electron chi connectivity index (χ3n) is 3.59. The lowest BCUT2D eigenvalue weighted by molar-refractivity contribution is -0.138. The number of fused-ring (bicyclic) bond motifs is 1. The quantitative estimate of drug-likeness (QED) is 0.680. The first-order chi connectivity index (χ1) is 11.4. The zero-order chi connectivity index (χ0) is 17.3. The van der Waals surface area contributed by atoms with Crippen LogP contribution in [0.15, 0.2) is 48.7 Å². The van der Waals surface area contributed by atoms with Crippen molar-refractivity contribution in [2.45, 2.75) is 19.7 Å². The number of esters is 1. The number of aryl methyl sites for hydroxylation is 1. The van der Waals surface area contributed by atoms with E-state index in [0.29, 0.717) is 5.65 Å². The number of imidazole rings is 1. The summed E-state index contributed by atoms with van der Waals surface area (Å²) in [5.74, 6) is -0.768. The van der Waals surface area contributed by atoms with Crippen molar-refractivity contribution in [3.05, 3.63) is 71.2 Å². The van der Waals surface area contributed by atoms with E-state index >= 15 is 0 Å². The minimum absolute atomic E-state index is 0.0498. The molecule has 0 aliphatic carbocycles. The maximum Gasteiger partial charge on any atom is 0.416 e. The van der Waals surface area contributed by atoms with E-state index in [2.05, 4.69) is 4.98 Å². The Balaban J connectivity index is 1.80. The lowest BCUT2D eigenvalue weighted by atomic mass is 10.1. The van der Waals surface area contributed by atoms with Crippen LogP contribution >= 0.6 is 0 Å². The van der Waals surface area contributed by atoms with E-state index in [4.69, 9.17) is 4.74 Å². The van der Waals surface area contributed by atoms with Gasteiger partial charge in [-0.3, -0.25) is 0 Å². The summed E-state index contributed by atoms with van der Waals surface area (Å²) in [5.41, 5.74) is 0.579. The van der Waals surface area contributed by atoms with Crippen molar-refractivity contribution < 1.29 is 22.7 Å². The fourth-order valence-electron chi connectivity index (χ4n) is 2.39. The van der Waals surface area contributed by atoms with E-state index < -0.39 is 24.3 Å². The Morgan fingerprint density at radius 3 is 2.62 bits per heavy atom. The molecule has 7 heteroatoms. The molecule has 0 radical (unpaired) electrons. The third kappa shape index (κ3) is 3.10. The summed E-state index contributed by atoms with van der Waals surface area (Å²) in [5, 5.41) is 0. The Morgan fingerprint density at radius 1 is 1.17 bits per heavy atom. The van der Waals surface area contributed by atoms with Gasteiger partial charge >= 0.3 is 12.1 Å². The summed E-state index contributed by atoms with van der Waals surface area (Å²) in [6.45, 7) is 1.38. The van der Waals surface area contributed by atoms with Gasteiger partial charge in [0.2, 0.25) is 0 Å². The van der Waals surface area contributed by atoms with E-state index in [-0.39, 0.29) is 11.3 Å². The van der Waals surface area contributed by atoms with Crippen LogP contribution in [0, 0.1) is 6.92 Å². The second kappa shape index (κ2) is 5.99. The van der Waals surface area contributed by atoms with E-state index in [1.165, 1.54) is 24.4 Å². The molecule has 0 N–H and O–H groups in total. The standard InChI is InChI=1S/C17H13F3N2O2/c1-11-5-4-8-15-21-14(9-22(11)15)16(23)24-10-12-6-2-3-7-13(12)17(18,19)20/h2-9H,10H2,1H3. The van der Waals surface area contributed by atoms with Crippen LogP contribution in [0.3, 0.4) is 0 Å². The van der Waals surface area contributed by atoms with Crippen molar-refractivity contribution in [1.82, 2.24) is 9.38 Å². The number of nitrogens with zero attached hydrogens (tertiary/aromatic N) is 2. The lowest BCUT2D eigenvalue weighted by Crippen LogP contribution is -2.12. The molecule has 0 aliphatic rings. The molecule has 0 fully saturated rings. The minimum atomic E-state index is -4.50. The Morgan fingerprint density at radius 2 is 1.92 bits per heavy atom. The Hall–Kier alpha value is -2.83. The minimum Gasteiger partial charge on any atom is -0.456 e. The second-order valence-electron chi connectivity index (χ2n) is 5.25. The number of halogens is 3. The largest absolute Gasteiger partial charge is 0.456 e. The number of carbonyl (C=O) groups excluding carboxylic acids is 1. The summed E-state index contributed by atoms with van der Waals surface area (Å²) in [6, 6.07) is 10.4. The number of hydrogen-bond donors (Lipinski definition) is 0. The molecule has 2 aromatic heterocycles. The molecule has 1 aromatic carbocycles. The Labute approximate surface area is 135 Å². The smallest absolute Gasteiger partial charge is 0.416 e. The van der Waals surface area contributed by atoms with Crippen LogP contribution in [-0.4, -0.2) is 15.4 Å². The summed E-state index contributed by atoms with van der Waals surface area (Å²) >= 11 is 0. The van der Waals surface area contributed by atoms with Gasteiger partial charge in [0.05, 0.1) is 5.56 Å². The molecule has 0 atom stereocenters. The van der Waals surface area contributed by atoms with Crippen molar-refractivity contribution in [3.63, 3.8) is 0 Å². The maximum atomic E-state index is 12.9. The number of ether oxygens (including phenoxy) is 1. The van der Waals surface area contributed by atoms with Crippen LogP contribution in [0.4, 0.5) is 13.2 Å². The average molecular weight is 334 g/mol. The van der Waals surface area contributed by atoms with Crippen LogP contribution in [0.5, 0.6) is 0 Å². The summed E-state index contributed by atoms with van der Waals surface area (Å²) in [6.07, 6.45) is -2.99. The van der Waals surface area contributed by atoms with E-state index in [0.717, 1.165) is 11.8 Å². The highest BCUT2D eigenvalue weighted by Gasteiger charge is 2.33. The van der Waals surface area contributed by atoms with Gasteiger partial charge in [0.15, 0.2) is 5.69 Å². The molecule has 0 spiro atoms. The molecule has 24 heavy (non-hydrogen) atoms. The van der Waals surface area contributed by atoms with Crippen molar-refractivity contribution in [1.29, 1.82) is 0 Å². The third-order valence-corrected chi connectivity index (χ3v) is 3.59. The van der Waals surface area contributed by atoms with Gasteiger partial charge in [0, 0.05) is 17.5 Å². The van der Waals surface area contributed by atoms with Crippen molar-refractivity contribution in [2.24, 2.45) is 0 Å². The van der Waals surface area contributed by atoms with Gasteiger partial charge in [-0.1, -0.05) is 24.3 Å². The van der Waals surface area contributed by atoms with Gasteiger partial charge in [-0.2, -0.15) is 13.2 Å². The molecular formula is C17H13F3N2O2. The monoisotopic (exact) mass is 334 g/mol. The van der Waals surface area contributed by atoms with Gasteiger partial charge in [0.1, 0.15) is 12.3 Å². The highest BCUT2D eigenvalue weighted by atomic mass is 19.4. The van der Waals surface area contributed by atoms with Gasteiger partial charge < -0.3 is 9.14 Å². The molecule has 0 saturated carbocycles. The number of pyridine rings is 1. The predicted octanol–water partition coefficient (Wildman–Crippen LogP) is 4.02. The first-order valence-electron chi connectivity index (χ1n) is 7.13. The average Bonchev–Trinajstić information content (AvgIpc) is 2.98. The topological polar surface area (TPSA) is 43.6 Å². The molecular weight excluding hydrogens is 321 g/mol. The van der Waals surface area contributed by atoms with Gasteiger partial charge in [-0.15, -0.1) is 0 Å². The SMILES string of the molecule is Cc1cccc2nc(C(=O)OCc3ccccc3C(F)(F)F)cn12. The highest BCUT2D eigenvalue weighted by Crippen LogP contribution is 2.32. The van der Waals surface area contributed by atoms with Crippen LogP contribution in [-0.2, 0) is 17.5 Å². The highest BCUT2D eigenvalue weighted by molar-refractivity contribution is 5.88. The molecule has 3 rings (SSSR count). The molecule has 0 amide bonds. The van der Waals surface area contributed by atoms with Crippen LogP contribution in [0.2, 0.25) is 0 Å². The lowest BCUT2D eigenvalue weighted by Gasteiger charge is -2.12. The Bertz CT molecular complexity index is 900. The van der Waals surface area contributed by atoms with E-state index in [9.17, 15) is 18.0 Å². The van der Waals surface area contributed by atoms with Crippen molar-refractivity contribution in [3.8, 4) is 0 Å². The number of hydrogen-bond acceptors (Lipinski definition) is 3. The summed E-state index contributed by atoms with van der Waals surface area (Å²) < 4.78 is 45.5. The molecule has 124 valence electrons. The molecule has 0 bridgehead atoms. The molecule has 3 aromatic rings. The van der Waals surface area contributed by atoms with Crippen molar-refractivity contribution in [2.75, 3.05) is 0 Å². The molecule has 0 saturated heterocycles.